The number of nitrogens with two attached hydrogens (primary N) is 1. The van der Waals surface area contributed by atoms with Gasteiger partial charge in [0.2, 0.25) is 0 Å². The Bertz CT molecular complexity index is 328. The van der Waals surface area contributed by atoms with E-state index in [1.165, 1.54) is 0 Å². The molecule has 0 fully saturated rings. The summed E-state index contributed by atoms with van der Waals surface area (Å²) in [6.45, 7) is 6.08. The zero-order chi connectivity index (χ0) is 11.4. The summed E-state index contributed by atoms with van der Waals surface area (Å²) in [7, 11) is 0. The zero-order valence-corrected chi connectivity index (χ0v) is 9.49. The highest BCUT2D eigenvalue weighted by molar-refractivity contribution is 5.61. The van der Waals surface area contributed by atoms with Crippen molar-refractivity contribution < 1.29 is 5.11 Å². The number of nitrogens with zero attached hydrogens (tertiary/aromatic N) is 1. The first-order valence-corrected chi connectivity index (χ1v) is 5.14. The second-order valence-corrected chi connectivity index (χ2v) is 4.04. The van der Waals surface area contributed by atoms with Crippen LogP contribution in [0.5, 0.6) is 0 Å². The number of anilines is 2. The average molecular weight is 209 g/mol. The molecule has 4 heteroatoms. The fraction of sp³-hybridized carbons (Fsp3) is 0.545. The number of aryl methyl sites for hydroxylation is 1. The van der Waals surface area contributed by atoms with E-state index in [1.807, 2.05) is 26.8 Å². The van der Waals surface area contributed by atoms with Crippen LogP contribution in [0, 0.1) is 12.8 Å². The predicted molar refractivity (Wildman–Crippen MR) is 62.7 cm³/mol. The van der Waals surface area contributed by atoms with Gasteiger partial charge in [0.25, 0.3) is 0 Å². The molecule has 0 aliphatic rings. The van der Waals surface area contributed by atoms with Gasteiger partial charge in [-0.3, -0.25) is 0 Å². The highest BCUT2D eigenvalue weighted by Crippen LogP contribution is 2.18. The third-order valence-electron chi connectivity index (χ3n) is 2.56. The maximum Gasteiger partial charge on any atom is 0.149 e. The summed E-state index contributed by atoms with van der Waals surface area (Å²) in [5, 5.41) is 12.2. The van der Waals surface area contributed by atoms with E-state index in [9.17, 15) is 0 Å². The minimum Gasteiger partial charge on any atom is -0.396 e. The smallest absolute Gasteiger partial charge is 0.149 e. The van der Waals surface area contributed by atoms with Gasteiger partial charge >= 0.3 is 0 Å². The lowest BCUT2D eigenvalue weighted by atomic mass is 10.1. The number of nitrogen functional groups attached to an aromatic ring is 1. The molecular weight excluding hydrogens is 190 g/mol. The quantitative estimate of drug-likeness (QED) is 0.701. The Morgan fingerprint density at radius 2 is 2.20 bits per heavy atom. The van der Waals surface area contributed by atoms with E-state index < -0.39 is 0 Å². The first-order valence-electron chi connectivity index (χ1n) is 5.14. The first kappa shape index (κ1) is 11.8. The topological polar surface area (TPSA) is 71.2 Å². The minimum atomic E-state index is 0.146. The van der Waals surface area contributed by atoms with Crippen molar-refractivity contribution in [1.29, 1.82) is 0 Å². The lowest BCUT2D eigenvalue weighted by Gasteiger charge is -2.20. The summed E-state index contributed by atoms with van der Waals surface area (Å²) >= 11 is 0. The van der Waals surface area contributed by atoms with Crippen LogP contribution in [-0.2, 0) is 0 Å². The Morgan fingerprint density at radius 3 is 2.73 bits per heavy atom. The van der Waals surface area contributed by atoms with Crippen LogP contribution in [0.2, 0.25) is 0 Å². The van der Waals surface area contributed by atoms with E-state index in [0.29, 0.717) is 11.5 Å². The molecule has 0 radical (unpaired) electrons. The maximum absolute atomic E-state index is 9.00. The van der Waals surface area contributed by atoms with Gasteiger partial charge < -0.3 is 16.2 Å². The van der Waals surface area contributed by atoms with E-state index in [2.05, 4.69) is 10.3 Å². The molecule has 2 atom stereocenters. The average Bonchev–Trinajstić information content (AvgIpc) is 2.20. The number of hydrogen-bond donors (Lipinski definition) is 3. The summed E-state index contributed by atoms with van der Waals surface area (Å²) in [6.07, 6.45) is 1.77. The molecule has 0 saturated heterocycles. The van der Waals surface area contributed by atoms with Gasteiger partial charge in [-0.15, -0.1) is 0 Å². The van der Waals surface area contributed by atoms with Gasteiger partial charge in [0.1, 0.15) is 5.82 Å². The molecule has 0 spiro atoms. The largest absolute Gasteiger partial charge is 0.396 e. The van der Waals surface area contributed by atoms with E-state index in [-0.39, 0.29) is 18.6 Å². The third-order valence-corrected chi connectivity index (χ3v) is 2.56. The molecule has 1 aromatic heterocycles. The maximum atomic E-state index is 9.00. The molecule has 84 valence electrons. The Morgan fingerprint density at radius 1 is 1.53 bits per heavy atom. The van der Waals surface area contributed by atoms with Gasteiger partial charge in [-0.2, -0.15) is 0 Å². The standard InChI is InChI=1S/C11H19N3O/c1-7-4-10(12)11(13-5-7)14-9(3)8(2)6-15/h4-5,8-9,15H,6,12H2,1-3H3,(H,13,14). The van der Waals surface area contributed by atoms with E-state index in [4.69, 9.17) is 10.8 Å². The summed E-state index contributed by atoms with van der Waals surface area (Å²) in [5.74, 6) is 0.862. The van der Waals surface area contributed by atoms with E-state index in [0.717, 1.165) is 5.56 Å². The van der Waals surface area contributed by atoms with Crippen molar-refractivity contribution in [2.45, 2.75) is 26.8 Å². The van der Waals surface area contributed by atoms with Crippen molar-refractivity contribution in [2.24, 2.45) is 5.92 Å². The van der Waals surface area contributed by atoms with Crippen molar-refractivity contribution in [1.82, 2.24) is 4.98 Å². The van der Waals surface area contributed by atoms with Crippen molar-refractivity contribution in [3.63, 3.8) is 0 Å². The van der Waals surface area contributed by atoms with Crippen molar-refractivity contribution in [3.8, 4) is 0 Å². The summed E-state index contributed by atoms with van der Waals surface area (Å²) in [6, 6.07) is 2.03. The highest BCUT2D eigenvalue weighted by Gasteiger charge is 2.12. The highest BCUT2D eigenvalue weighted by atomic mass is 16.3. The van der Waals surface area contributed by atoms with Crippen LogP contribution >= 0.6 is 0 Å². The molecular formula is C11H19N3O. The molecule has 4 nitrogen and oxygen atoms in total. The number of aliphatic hydroxyl groups excluding tert-OH is 1. The lowest BCUT2D eigenvalue weighted by molar-refractivity contribution is 0.226. The van der Waals surface area contributed by atoms with Gasteiger partial charge in [-0.05, 0) is 31.4 Å². The number of rotatable bonds is 4. The van der Waals surface area contributed by atoms with E-state index >= 15 is 0 Å². The predicted octanol–water partition coefficient (Wildman–Crippen LogP) is 1.40. The Labute approximate surface area is 90.5 Å². The van der Waals surface area contributed by atoms with Gasteiger partial charge in [0.05, 0.1) is 5.69 Å². The van der Waals surface area contributed by atoms with Crippen molar-refractivity contribution in [2.75, 3.05) is 17.7 Å². The second kappa shape index (κ2) is 4.98. The number of nitrogens with one attached hydrogen (secondary N) is 1. The SMILES string of the molecule is Cc1cnc(NC(C)C(C)CO)c(N)c1. The number of hydrogen-bond acceptors (Lipinski definition) is 4. The van der Waals surface area contributed by atoms with Crippen LogP contribution in [0.15, 0.2) is 12.3 Å². The molecule has 0 amide bonds. The van der Waals surface area contributed by atoms with Gasteiger partial charge in [-0.1, -0.05) is 6.92 Å². The van der Waals surface area contributed by atoms with Gasteiger partial charge in [0.15, 0.2) is 0 Å². The number of aromatic nitrogens is 1. The van der Waals surface area contributed by atoms with Crippen LogP contribution in [0.25, 0.3) is 0 Å². The first-order chi connectivity index (χ1) is 7.04. The molecule has 0 aliphatic heterocycles. The molecule has 1 aromatic rings. The normalized spacial score (nSPS) is 14.7. The zero-order valence-electron chi connectivity index (χ0n) is 9.49. The molecule has 0 saturated carbocycles. The molecule has 4 N–H and O–H groups in total. The third kappa shape index (κ3) is 3.09. The minimum absolute atomic E-state index is 0.146. The molecule has 0 bridgehead atoms. The molecule has 1 rings (SSSR count). The van der Waals surface area contributed by atoms with Crippen LogP contribution in [0.4, 0.5) is 11.5 Å². The molecule has 0 aromatic carbocycles. The van der Waals surface area contributed by atoms with Crippen LogP contribution in [0.3, 0.4) is 0 Å². The van der Waals surface area contributed by atoms with Crippen LogP contribution in [-0.4, -0.2) is 22.7 Å². The Balaban J connectivity index is 2.72. The molecule has 2 unspecified atom stereocenters. The molecule has 1 heterocycles. The Hall–Kier alpha value is -1.29. The number of aliphatic hydroxyl groups is 1. The fourth-order valence-electron chi connectivity index (χ4n) is 1.23. The summed E-state index contributed by atoms with van der Waals surface area (Å²) in [5.41, 5.74) is 7.51. The van der Waals surface area contributed by atoms with Crippen LogP contribution in [0.1, 0.15) is 19.4 Å². The van der Waals surface area contributed by atoms with Crippen LogP contribution < -0.4 is 11.1 Å². The molecule has 15 heavy (non-hydrogen) atoms. The number of pyridine rings is 1. The molecule has 0 aliphatic carbocycles. The Kier molecular flexibility index (Phi) is 3.91. The summed E-state index contributed by atoms with van der Waals surface area (Å²) < 4.78 is 0. The van der Waals surface area contributed by atoms with Crippen molar-refractivity contribution in [3.05, 3.63) is 17.8 Å². The summed E-state index contributed by atoms with van der Waals surface area (Å²) in [4.78, 5) is 4.22. The van der Waals surface area contributed by atoms with Gasteiger partial charge in [-0.25, -0.2) is 4.98 Å². The van der Waals surface area contributed by atoms with E-state index in [1.54, 1.807) is 6.20 Å². The monoisotopic (exact) mass is 209 g/mol. The van der Waals surface area contributed by atoms with Gasteiger partial charge in [0, 0.05) is 18.8 Å². The lowest BCUT2D eigenvalue weighted by Crippen LogP contribution is -2.27. The second-order valence-electron chi connectivity index (χ2n) is 4.04. The fourth-order valence-corrected chi connectivity index (χ4v) is 1.23. The van der Waals surface area contributed by atoms with Crippen molar-refractivity contribution >= 4 is 11.5 Å².